The predicted molar refractivity (Wildman–Crippen MR) is 56.9 cm³/mol. The van der Waals surface area contributed by atoms with Gasteiger partial charge in [-0.15, -0.1) is 0 Å². The first-order valence-corrected chi connectivity index (χ1v) is 4.85. The highest BCUT2D eigenvalue weighted by Gasteiger charge is 2.04. The second-order valence-electron chi connectivity index (χ2n) is 3.40. The van der Waals surface area contributed by atoms with Gasteiger partial charge in [-0.25, -0.2) is 4.39 Å². The number of aryl methyl sites for hydroxylation is 1. The predicted octanol–water partition coefficient (Wildman–Crippen LogP) is 0.752. The highest BCUT2D eigenvalue weighted by atomic mass is 19.1. The summed E-state index contributed by atoms with van der Waals surface area (Å²) < 4.78 is 12.9. The Morgan fingerprint density at radius 3 is 2.87 bits per heavy atom. The minimum atomic E-state index is -0.249. The molecule has 0 saturated heterocycles. The van der Waals surface area contributed by atoms with Crippen LogP contribution in [0.4, 0.5) is 4.39 Å². The molecule has 82 valence electrons. The van der Waals surface area contributed by atoms with Crippen molar-refractivity contribution in [2.75, 3.05) is 13.1 Å². The number of rotatable bonds is 4. The fourth-order valence-electron chi connectivity index (χ4n) is 1.28. The molecule has 3 nitrogen and oxygen atoms in total. The molecule has 0 bridgehead atoms. The van der Waals surface area contributed by atoms with Gasteiger partial charge in [-0.1, -0.05) is 12.1 Å². The van der Waals surface area contributed by atoms with E-state index in [2.05, 4.69) is 5.32 Å². The number of halogens is 1. The Hall–Kier alpha value is -1.42. The van der Waals surface area contributed by atoms with E-state index in [1.807, 2.05) is 0 Å². The van der Waals surface area contributed by atoms with Crippen molar-refractivity contribution < 1.29 is 9.18 Å². The summed E-state index contributed by atoms with van der Waals surface area (Å²) in [7, 11) is 0. The SMILES string of the molecule is Cc1cc(CC(=O)NCCN)ccc1F. The van der Waals surface area contributed by atoms with E-state index in [1.54, 1.807) is 19.1 Å². The zero-order chi connectivity index (χ0) is 11.3. The number of nitrogens with one attached hydrogen (secondary N) is 1. The number of hydrogen-bond donors (Lipinski definition) is 2. The molecule has 0 atom stereocenters. The molecule has 0 unspecified atom stereocenters. The molecule has 0 heterocycles. The molecule has 0 aliphatic heterocycles. The topological polar surface area (TPSA) is 55.1 Å². The molecule has 1 amide bonds. The van der Waals surface area contributed by atoms with E-state index in [0.717, 1.165) is 5.56 Å². The Morgan fingerprint density at radius 2 is 2.27 bits per heavy atom. The van der Waals surface area contributed by atoms with Gasteiger partial charge in [-0.2, -0.15) is 0 Å². The molecule has 1 aromatic carbocycles. The fraction of sp³-hybridized carbons (Fsp3) is 0.364. The van der Waals surface area contributed by atoms with E-state index < -0.39 is 0 Å². The standard InChI is InChI=1S/C11H15FN2O/c1-8-6-9(2-3-10(8)12)7-11(15)14-5-4-13/h2-3,6H,4-5,7,13H2,1H3,(H,14,15). The molecule has 1 aromatic rings. The zero-order valence-electron chi connectivity index (χ0n) is 8.72. The molecule has 4 heteroatoms. The lowest BCUT2D eigenvalue weighted by Crippen LogP contribution is -2.30. The molecule has 0 radical (unpaired) electrons. The molecule has 0 aromatic heterocycles. The van der Waals surface area contributed by atoms with Crippen LogP contribution in [0.3, 0.4) is 0 Å². The molecule has 15 heavy (non-hydrogen) atoms. The van der Waals surface area contributed by atoms with Gasteiger partial charge in [0.15, 0.2) is 0 Å². The van der Waals surface area contributed by atoms with Crippen molar-refractivity contribution in [1.29, 1.82) is 0 Å². The second-order valence-corrected chi connectivity index (χ2v) is 3.40. The van der Waals surface area contributed by atoms with Crippen LogP contribution in [-0.4, -0.2) is 19.0 Å². The minimum absolute atomic E-state index is 0.0912. The Labute approximate surface area is 88.5 Å². The average molecular weight is 210 g/mol. The number of carbonyl (C=O) groups excluding carboxylic acids is 1. The summed E-state index contributed by atoms with van der Waals surface area (Å²) in [5.41, 5.74) is 6.61. The molecule has 0 aliphatic carbocycles. The van der Waals surface area contributed by atoms with Gasteiger partial charge in [0.05, 0.1) is 6.42 Å². The van der Waals surface area contributed by atoms with Crippen LogP contribution in [0.15, 0.2) is 18.2 Å². The highest BCUT2D eigenvalue weighted by Crippen LogP contribution is 2.09. The number of carbonyl (C=O) groups is 1. The molecule has 0 fully saturated rings. The molecule has 1 rings (SSSR count). The van der Waals surface area contributed by atoms with Crippen LogP contribution < -0.4 is 11.1 Å². The Kier molecular flexibility index (Phi) is 4.24. The summed E-state index contributed by atoms with van der Waals surface area (Å²) in [4.78, 5) is 11.3. The van der Waals surface area contributed by atoms with E-state index in [0.29, 0.717) is 18.7 Å². The number of hydrogen-bond acceptors (Lipinski definition) is 2. The second kappa shape index (κ2) is 5.46. The van der Waals surface area contributed by atoms with Crippen molar-refractivity contribution in [3.05, 3.63) is 35.1 Å². The van der Waals surface area contributed by atoms with Gasteiger partial charge in [-0.05, 0) is 24.1 Å². The maximum absolute atomic E-state index is 12.9. The van der Waals surface area contributed by atoms with Gasteiger partial charge in [0.25, 0.3) is 0 Å². The first-order valence-electron chi connectivity index (χ1n) is 4.85. The number of benzene rings is 1. The minimum Gasteiger partial charge on any atom is -0.355 e. The van der Waals surface area contributed by atoms with Crippen LogP contribution >= 0.6 is 0 Å². The molecular formula is C11H15FN2O. The molecule has 3 N–H and O–H groups in total. The Morgan fingerprint density at radius 1 is 1.53 bits per heavy atom. The van der Waals surface area contributed by atoms with E-state index in [4.69, 9.17) is 5.73 Å². The summed E-state index contributed by atoms with van der Waals surface area (Å²) in [5, 5.41) is 2.66. The van der Waals surface area contributed by atoms with Crippen molar-refractivity contribution in [3.8, 4) is 0 Å². The van der Waals surface area contributed by atoms with Crippen molar-refractivity contribution in [1.82, 2.24) is 5.32 Å². The van der Waals surface area contributed by atoms with Gasteiger partial charge >= 0.3 is 0 Å². The van der Waals surface area contributed by atoms with Gasteiger partial charge in [0.2, 0.25) is 5.91 Å². The van der Waals surface area contributed by atoms with Crippen LogP contribution in [0.1, 0.15) is 11.1 Å². The quantitative estimate of drug-likeness (QED) is 0.770. The summed E-state index contributed by atoms with van der Waals surface area (Å²) in [5.74, 6) is -0.340. The first kappa shape index (κ1) is 11.7. The smallest absolute Gasteiger partial charge is 0.224 e. The summed E-state index contributed by atoms with van der Waals surface area (Å²) in [6.45, 7) is 2.57. The van der Waals surface area contributed by atoms with E-state index in [1.165, 1.54) is 6.07 Å². The third kappa shape index (κ3) is 3.67. The molecule has 0 spiro atoms. The lowest BCUT2D eigenvalue weighted by Gasteiger charge is -2.04. The van der Waals surface area contributed by atoms with Crippen molar-refractivity contribution in [2.24, 2.45) is 5.73 Å². The van der Waals surface area contributed by atoms with Crippen LogP contribution in [0, 0.1) is 12.7 Å². The monoisotopic (exact) mass is 210 g/mol. The fourth-order valence-corrected chi connectivity index (χ4v) is 1.28. The van der Waals surface area contributed by atoms with Crippen molar-refractivity contribution in [2.45, 2.75) is 13.3 Å². The van der Waals surface area contributed by atoms with Gasteiger partial charge in [0, 0.05) is 13.1 Å². The summed E-state index contributed by atoms with van der Waals surface area (Å²) >= 11 is 0. The third-order valence-electron chi connectivity index (χ3n) is 2.05. The van der Waals surface area contributed by atoms with Crippen LogP contribution in [-0.2, 0) is 11.2 Å². The van der Waals surface area contributed by atoms with E-state index in [-0.39, 0.29) is 18.1 Å². The van der Waals surface area contributed by atoms with Crippen LogP contribution in [0.5, 0.6) is 0 Å². The Bertz CT molecular complexity index is 352. The maximum Gasteiger partial charge on any atom is 0.224 e. The van der Waals surface area contributed by atoms with Crippen molar-refractivity contribution >= 4 is 5.91 Å². The van der Waals surface area contributed by atoms with E-state index >= 15 is 0 Å². The zero-order valence-corrected chi connectivity index (χ0v) is 8.72. The Balaban J connectivity index is 2.57. The molecule has 0 saturated carbocycles. The maximum atomic E-state index is 12.9. The van der Waals surface area contributed by atoms with Crippen LogP contribution in [0.2, 0.25) is 0 Å². The molecular weight excluding hydrogens is 195 g/mol. The highest BCUT2D eigenvalue weighted by molar-refractivity contribution is 5.78. The lowest BCUT2D eigenvalue weighted by molar-refractivity contribution is -0.120. The van der Waals surface area contributed by atoms with E-state index in [9.17, 15) is 9.18 Å². The van der Waals surface area contributed by atoms with Gasteiger partial charge in [0.1, 0.15) is 5.82 Å². The average Bonchev–Trinajstić information content (AvgIpc) is 2.20. The molecule has 0 aliphatic rings. The largest absolute Gasteiger partial charge is 0.355 e. The number of amides is 1. The third-order valence-corrected chi connectivity index (χ3v) is 2.05. The summed E-state index contributed by atoms with van der Waals surface area (Å²) in [6.07, 6.45) is 0.265. The van der Waals surface area contributed by atoms with Crippen molar-refractivity contribution in [3.63, 3.8) is 0 Å². The lowest BCUT2D eigenvalue weighted by atomic mass is 10.1. The normalized spacial score (nSPS) is 10.1. The summed E-state index contributed by atoms with van der Waals surface area (Å²) in [6, 6.07) is 4.67. The van der Waals surface area contributed by atoms with Gasteiger partial charge < -0.3 is 11.1 Å². The first-order chi connectivity index (χ1) is 7.13. The number of nitrogens with two attached hydrogens (primary N) is 1. The van der Waals surface area contributed by atoms with Gasteiger partial charge in [-0.3, -0.25) is 4.79 Å². The van der Waals surface area contributed by atoms with Crippen LogP contribution in [0.25, 0.3) is 0 Å².